The molecule has 4 heteroatoms. The second kappa shape index (κ2) is 6.06. The van der Waals surface area contributed by atoms with Crippen LogP contribution < -0.4 is 4.74 Å². The number of aliphatic carboxylic acids is 1. The summed E-state index contributed by atoms with van der Waals surface area (Å²) in [5.74, 6) is -0.323. The predicted octanol–water partition coefficient (Wildman–Crippen LogP) is 2.39. The maximum Gasteiger partial charge on any atom is 0.307 e. The minimum absolute atomic E-state index is 0.0609. The smallest absolute Gasteiger partial charge is 0.307 e. The van der Waals surface area contributed by atoms with Crippen LogP contribution in [0.15, 0.2) is 24.3 Å². The number of benzene rings is 1. The lowest BCUT2D eigenvalue weighted by Gasteiger charge is -2.31. The van der Waals surface area contributed by atoms with Crippen molar-refractivity contribution in [1.29, 1.82) is 0 Å². The van der Waals surface area contributed by atoms with E-state index in [1.54, 1.807) is 18.2 Å². The lowest BCUT2D eigenvalue weighted by molar-refractivity contribution is -0.136. The molecule has 1 fully saturated rings. The molecular formula is C15H20O4. The summed E-state index contributed by atoms with van der Waals surface area (Å²) in [5, 5.41) is 19.2. The van der Waals surface area contributed by atoms with Crippen molar-refractivity contribution in [3.63, 3.8) is 0 Å². The standard InChI is InChI=1S/C15H20O4/c16-14(17)10-12-6-2-3-7-13(12)19-11-15(18)8-4-1-5-9-15/h2-3,6-7,18H,1,4-5,8-11H2,(H,16,17). The van der Waals surface area contributed by atoms with Gasteiger partial charge in [0.25, 0.3) is 0 Å². The summed E-state index contributed by atoms with van der Waals surface area (Å²) < 4.78 is 5.67. The number of aliphatic hydroxyl groups is 1. The van der Waals surface area contributed by atoms with Gasteiger partial charge < -0.3 is 14.9 Å². The SMILES string of the molecule is O=C(O)Cc1ccccc1OCC1(O)CCCCC1. The third kappa shape index (κ3) is 3.96. The van der Waals surface area contributed by atoms with Crippen molar-refractivity contribution < 1.29 is 19.7 Å². The summed E-state index contributed by atoms with van der Waals surface area (Å²) in [6, 6.07) is 7.10. The molecule has 0 aliphatic heterocycles. The first-order valence-electron chi connectivity index (χ1n) is 6.74. The molecule has 0 bridgehead atoms. The summed E-state index contributed by atoms with van der Waals surface area (Å²) in [4.78, 5) is 10.8. The van der Waals surface area contributed by atoms with Gasteiger partial charge >= 0.3 is 5.97 Å². The van der Waals surface area contributed by atoms with Crippen molar-refractivity contribution >= 4 is 5.97 Å². The molecule has 0 unspecified atom stereocenters. The fourth-order valence-corrected chi connectivity index (χ4v) is 2.52. The fraction of sp³-hybridized carbons (Fsp3) is 0.533. The number of rotatable bonds is 5. The summed E-state index contributed by atoms with van der Waals surface area (Å²) in [7, 11) is 0. The lowest BCUT2D eigenvalue weighted by Crippen LogP contribution is -2.38. The highest BCUT2D eigenvalue weighted by atomic mass is 16.5. The molecule has 19 heavy (non-hydrogen) atoms. The van der Waals surface area contributed by atoms with Crippen LogP contribution in [-0.4, -0.2) is 28.4 Å². The average Bonchev–Trinajstić information content (AvgIpc) is 2.38. The van der Waals surface area contributed by atoms with Gasteiger partial charge in [-0.05, 0) is 18.9 Å². The minimum atomic E-state index is -0.882. The largest absolute Gasteiger partial charge is 0.490 e. The molecule has 0 amide bonds. The van der Waals surface area contributed by atoms with Crippen LogP contribution in [0.4, 0.5) is 0 Å². The molecule has 1 saturated carbocycles. The van der Waals surface area contributed by atoms with E-state index in [-0.39, 0.29) is 13.0 Å². The number of carboxylic acids is 1. The summed E-state index contributed by atoms with van der Waals surface area (Å²) in [6.45, 7) is 0.240. The number of para-hydroxylation sites is 1. The molecule has 0 aromatic heterocycles. The van der Waals surface area contributed by atoms with Gasteiger partial charge in [0.15, 0.2) is 0 Å². The van der Waals surface area contributed by atoms with Gasteiger partial charge in [-0.1, -0.05) is 37.5 Å². The van der Waals surface area contributed by atoms with Gasteiger partial charge in [-0.15, -0.1) is 0 Å². The Hall–Kier alpha value is -1.55. The highest BCUT2D eigenvalue weighted by Gasteiger charge is 2.30. The molecule has 0 heterocycles. The van der Waals surface area contributed by atoms with E-state index in [1.807, 2.05) is 6.07 Å². The molecule has 0 atom stereocenters. The first-order chi connectivity index (χ1) is 9.09. The predicted molar refractivity (Wildman–Crippen MR) is 71.3 cm³/mol. The quantitative estimate of drug-likeness (QED) is 0.857. The first-order valence-corrected chi connectivity index (χ1v) is 6.74. The van der Waals surface area contributed by atoms with Crippen LogP contribution in [0.25, 0.3) is 0 Å². The maximum atomic E-state index is 10.8. The van der Waals surface area contributed by atoms with E-state index in [1.165, 1.54) is 0 Å². The second-order valence-corrected chi connectivity index (χ2v) is 5.25. The molecule has 0 radical (unpaired) electrons. The van der Waals surface area contributed by atoms with Crippen LogP contribution in [0.5, 0.6) is 5.75 Å². The molecule has 4 nitrogen and oxygen atoms in total. The van der Waals surface area contributed by atoms with Crippen molar-refractivity contribution in [1.82, 2.24) is 0 Å². The Bertz CT molecular complexity index is 436. The Kier molecular flexibility index (Phi) is 4.43. The highest BCUT2D eigenvalue weighted by molar-refractivity contribution is 5.71. The van der Waals surface area contributed by atoms with E-state index in [9.17, 15) is 9.90 Å². The van der Waals surface area contributed by atoms with Crippen molar-refractivity contribution in [2.45, 2.75) is 44.1 Å². The first kappa shape index (κ1) is 13.9. The van der Waals surface area contributed by atoms with Crippen LogP contribution in [0.1, 0.15) is 37.7 Å². The van der Waals surface area contributed by atoms with Crippen LogP contribution in [-0.2, 0) is 11.2 Å². The van der Waals surface area contributed by atoms with E-state index in [4.69, 9.17) is 9.84 Å². The molecule has 1 aliphatic rings. The van der Waals surface area contributed by atoms with Gasteiger partial charge in [-0.3, -0.25) is 4.79 Å². The van der Waals surface area contributed by atoms with Crippen molar-refractivity contribution in [3.8, 4) is 5.75 Å². The van der Waals surface area contributed by atoms with E-state index in [0.29, 0.717) is 11.3 Å². The van der Waals surface area contributed by atoms with E-state index in [0.717, 1.165) is 32.1 Å². The Morgan fingerprint density at radius 2 is 1.89 bits per heavy atom. The molecule has 2 N–H and O–H groups in total. The number of ether oxygens (including phenoxy) is 1. The topological polar surface area (TPSA) is 66.8 Å². The molecule has 1 aliphatic carbocycles. The van der Waals surface area contributed by atoms with Crippen LogP contribution in [0.3, 0.4) is 0 Å². The Labute approximate surface area is 113 Å². The molecule has 104 valence electrons. The summed E-state index contributed by atoms with van der Waals surface area (Å²) in [6.07, 6.45) is 4.67. The molecule has 1 aromatic rings. The normalized spacial score (nSPS) is 17.9. The number of hydrogen-bond acceptors (Lipinski definition) is 3. The number of hydrogen-bond donors (Lipinski definition) is 2. The van der Waals surface area contributed by atoms with Gasteiger partial charge in [-0.25, -0.2) is 0 Å². The zero-order valence-electron chi connectivity index (χ0n) is 11.0. The van der Waals surface area contributed by atoms with E-state index >= 15 is 0 Å². The Morgan fingerprint density at radius 1 is 1.21 bits per heavy atom. The minimum Gasteiger partial charge on any atom is -0.490 e. The fourth-order valence-electron chi connectivity index (χ4n) is 2.52. The Morgan fingerprint density at radius 3 is 2.58 bits per heavy atom. The molecule has 2 rings (SSSR count). The van der Waals surface area contributed by atoms with Crippen molar-refractivity contribution in [2.24, 2.45) is 0 Å². The number of carbonyl (C=O) groups is 1. The monoisotopic (exact) mass is 264 g/mol. The summed E-state index contributed by atoms with van der Waals surface area (Å²) in [5.41, 5.74) is -0.108. The van der Waals surface area contributed by atoms with Crippen LogP contribution >= 0.6 is 0 Å². The Balaban J connectivity index is 2.00. The van der Waals surface area contributed by atoms with E-state index < -0.39 is 11.6 Å². The molecule has 0 saturated heterocycles. The van der Waals surface area contributed by atoms with Gasteiger partial charge in [0, 0.05) is 5.56 Å². The zero-order chi connectivity index (χ0) is 13.7. The average molecular weight is 264 g/mol. The highest BCUT2D eigenvalue weighted by Crippen LogP contribution is 2.29. The third-order valence-electron chi connectivity index (χ3n) is 3.59. The van der Waals surface area contributed by atoms with Crippen LogP contribution in [0.2, 0.25) is 0 Å². The second-order valence-electron chi connectivity index (χ2n) is 5.25. The van der Waals surface area contributed by atoms with E-state index in [2.05, 4.69) is 0 Å². The molecular weight excluding hydrogens is 244 g/mol. The van der Waals surface area contributed by atoms with Crippen LogP contribution in [0, 0.1) is 0 Å². The molecule has 1 aromatic carbocycles. The lowest BCUT2D eigenvalue weighted by atomic mass is 9.85. The van der Waals surface area contributed by atoms with Gasteiger partial charge in [-0.2, -0.15) is 0 Å². The number of carboxylic acid groups (broad SMARTS) is 1. The maximum absolute atomic E-state index is 10.8. The van der Waals surface area contributed by atoms with Crippen molar-refractivity contribution in [3.05, 3.63) is 29.8 Å². The van der Waals surface area contributed by atoms with Crippen molar-refractivity contribution in [2.75, 3.05) is 6.61 Å². The summed E-state index contributed by atoms with van der Waals surface area (Å²) >= 11 is 0. The zero-order valence-corrected chi connectivity index (χ0v) is 11.0. The molecule has 0 spiro atoms. The van der Waals surface area contributed by atoms with Gasteiger partial charge in [0.05, 0.1) is 12.0 Å². The van der Waals surface area contributed by atoms with Gasteiger partial charge in [0.1, 0.15) is 12.4 Å². The third-order valence-corrected chi connectivity index (χ3v) is 3.59. The van der Waals surface area contributed by atoms with Gasteiger partial charge in [0.2, 0.25) is 0 Å².